The molecule has 0 saturated heterocycles. The summed E-state index contributed by atoms with van der Waals surface area (Å²) in [5.41, 5.74) is 0.768. The summed E-state index contributed by atoms with van der Waals surface area (Å²) in [6.45, 7) is 9.21. The van der Waals surface area contributed by atoms with Gasteiger partial charge in [0.15, 0.2) is 0 Å². The van der Waals surface area contributed by atoms with Crippen LogP contribution in [-0.4, -0.2) is 23.9 Å². The fraction of sp³-hybridized carbons (Fsp3) is 0.533. The molecule has 0 aliphatic carbocycles. The summed E-state index contributed by atoms with van der Waals surface area (Å²) in [6.07, 6.45) is 0.845. The monoisotopic (exact) mass is 293 g/mol. The number of nitrogens with zero attached hydrogens (tertiary/aromatic N) is 1. The summed E-state index contributed by atoms with van der Waals surface area (Å²) < 4.78 is 0. The Balaban J connectivity index is 2.93. The van der Waals surface area contributed by atoms with Crippen LogP contribution in [0.15, 0.2) is 18.2 Å². The first-order valence-corrected chi connectivity index (χ1v) is 7.05. The SMILES string of the molecule is CCCNc1cc(C(=O)NCC(C)(C)C)ccc1[N+](=O)[O-]. The number of anilines is 1. The van der Waals surface area contributed by atoms with Crippen LogP contribution in [-0.2, 0) is 0 Å². The molecule has 0 aliphatic heterocycles. The number of rotatable bonds is 6. The Hall–Kier alpha value is -2.11. The van der Waals surface area contributed by atoms with Crippen molar-refractivity contribution in [3.8, 4) is 0 Å². The molecular weight excluding hydrogens is 270 g/mol. The number of carbonyl (C=O) groups is 1. The minimum Gasteiger partial charge on any atom is -0.379 e. The number of nitrogens with one attached hydrogen (secondary N) is 2. The van der Waals surface area contributed by atoms with E-state index < -0.39 is 4.92 Å². The summed E-state index contributed by atoms with van der Waals surface area (Å²) in [5.74, 6) is -0.223. The van der Waals surface area contributed by atoms with Gasteiger partial charge in [-0.05, 0) is 24.0 Å². The summed E-state index contributed by atoms with van der Waals surface area (Å²) in [5, 5.41) is 16.8. The Morgan fingerprint density at radius 3 is 2.52 bits per heavy atom. The largest absolute Gasteiger partial charge is 0.379 e. The van der Waals surface area contributed by atoms with Crippen molar-refractivity contribution in [3.63, 3.8) is 0 Å². The van der Waals surface area contributed by atoms with Crippen molar-refractivity contribution in [2.75, 3.05) is 18.4 Å². The maximum atomic E-state index is 12.1. The second kappa shape index (κ2) is 7.06. The van der Waals surface area contributed by atoms with E-state index in [4.69, 9.17) is 0 Å². The van der Waals surface area contributed by atoms with Gasteiger partial charge in [-0.15, -0.1) is 0 Å². The molecule has 6 nitrogen and oxygen atoms in total. The maximum Gasteiger partial charge on any atom is 0.292 e. The van der Waals surface area contributed by atoms with Crippen LogP contribution in [0.3, 0.4) is 0 Å². The zero-order chi connectivity index (χ0) is 16.0. The van der Waals surface area contributed by atoms with Gasteiger partial charge in [0, 0.05) is 24.7 Å². The number of amides is 1. The van der Waals surface area contributed by atoms with E-state index in [0.717, 1.165) is 6.42 Å². The quantitative estimate of drug-likeness (QED) is 0.623. The zero-order valence-corrected chi connectivity index (χ0v) is 13.0. The van der Waals surface area contributed by atoms with Crippen LogP contribution in [0.25, 0.3) is 0 Å². The van der Waals surface area contributed by atoms with Crippen LogP contribution in [0.2, 0.25) is 0 Å². The highest BCUT2D eigenvalue weighted by molar-refractivity contribution is 5.95. The lowest BCUT2D eigenvalue weighted by molar-refractivity contribution is -0.384. The lowest BCUT2D eigenvalue weighted by atomic mass is 9.97. The van der Waals surface area contributed by atoms with E-state index in [2.05, 4.69) is 10.6 Å². The highest BCUT2D eigenvalue weighted by Crippen LogP contribution is 2.25. The molecule has 21 heavy (non-hydrogen) atoms. The van der Waals surface area contributed by atoms with E-state index in [0.29, 0.717) is 24.3 Å². The predicted molar refractivity (Wildman–Crippen MR) is 83.7 cm³/mol. The second-order valence-corrected chi connectivity index (χ2v) is 6.16. The molecule has 1 amide bonds. The van der Waals surface area contributed by atoms with Crippen molar-refractivity contribution in [1.82, 2.24) is 5.32 Å². The van der Waals surface area contributed by atoms with Gasteiger partial charge in [-0.25, -0.2) is 0 Å². The van der Waals surface area contributed by atoms with Crippen LogP contribution in [0.5, 0.6) is 0 Å². The van der Waals surface area contributed by atoms with Crippen molar-refractivity contribution in [2.24, 2.45) is 5.41 Å². The predicted octanol–water partition coefficient (Wildman–Crippen LogP) is 3.19. The van der Waals surface area contributed by atoms with Gasteiger partial charge >= 0.3 is 0 Å². The number of benzene rings is 1. The third kappa shape index (κ3) is 5.41. The molecule has 6 heteroatoms. The Morgan fingerprint density at radius 2 is 2.00 bits per heavy atom. The van der Waals surface area contributed by atoms with E-state index >= 15 is 0 Å². The molecule has 0 unspecified atom stereocenters. The third-order valence-corrected chi connectivity index (χ3v) is 2.80. The number of hydrogen-bond donors (Lipinski definition) is 2. The molecular formula is C15H23N3O3. The minimum absolute atomic E-state index is 0.0142. The molecule has 0 aromatic heterocycles. The Kier molecular flexibility index (Phi) is 5.69. The number of carbonyl (C=O) groups excluding carboxylic acids is 1. The first kappa shape index (κ1) is 16.9. The maximum absolute atomic E-state index is 12.1. The van der Waals surface area contributed by atoms with E-state index in [9.17, 15) is 14.9 Å². The topological polar surface area (TPSA) is 84.3 Å². The van der Waals surface area contributed by atoms with Crippen LogP contribution >= 0.6 is 0 Å². The van der Waals surface area contributed by atoms with Crippen LogP contribution < -0.4 is 10.6 Å². The zero-order valence-electron chi connectivity index (χ0n) is 13.0. The molecule has 0 atom stereocenters. The highest BCUT2D eigenvalue weighted by Gasteiger charge is 2.18. The molecule has 0 heterocycles. The van der Waals surface area contributed by atoms with Crippen molar-refractivity contribution >= 4 is 17.3 Å². The van der Waals surface area contributed by atoms with Crippen molar-refractivity contribution < 1.29 is 9.72 Å². The summed E-state index contributed by atoms with van der Waals surface area (Å²) in [6, 6.07) is 4.38. The molecule has 0 bridgehead atoms. The molecule has 116 valence electrons. The van der Waals surface area contributed by atoms with Gasteiger partial charge < -0.3 is 10.6 Å². The average molecular weight is 293 g/mol. The molecule has 1 aromatic carbocycles. The normalized spacial score (nSPS) is 11.0. The third-order valence-electron chi connectivity index (χ3n) is 2.80. The molecule has 0 saturated carbocycles. The lowest BCUT2D eigenvalue weighted by Crippen LogP contribution is -2.32. The molecule has 1 aromatic rings. The van der Waals surface area contributed by atoms with Gasteiger partial charge in [-0.1, -0.05) is 27.7 Å². The standard InChI is InChI=1S/C15H23N3O3/c1-5-8-16-12-9-11(6-7-13(12)18(20)21)14(19)17-10-15(2,3)4/h6-7,9,16H,5,8,10H2,1-4H3,(H,17,19). The Labute approximate surface area is 125 Å². The Morgan fingerprint density at radius 1 is 1.33 bits per heavy atom. The van der Waals surface area contributed by atoms with Gasteiger partial charge in [0.25, 0.3) is 11.6 Å². The van der Waals surface area contributed by atoms with Crippen molar-refractivity contribution in [1.29, 1.82) is 0 Å². The van der Waals surface area contributed by atoms with Crippen LogP contribution in [0.1, 0.15) is 44.5 Å². The first-order valence-electron chi connectivity index (χ1n) is 7.05. The second-order valence-electron chi connectivity index (χ2n) is 6.16. The number of nitro benzene ring substituents is 1. The van der Waals surface area contributed by atoms with Gasteiger partial charge in [0.05, 0.1) is 4.92 Å². The molecule has 0 spiro atoms. The highest BCUT2D eigenvalue weighted by atomic mass is 16.6. The number of hydrogen-bond acceptors (Lipinski definition) is 4. The molecule has 0 fully saturated rings. The van der Waals surface area contributed by atoms with Gasteiger partial charge in [0.1, 0.15) is 5.69 Å². The molecule has 1 rings (SSSR count). The first-order chi connectivity index (χ1) is 9.74. The van der Waals surface area contributed by atoms with E-state index in [1.165, 1.54) is 18.2 Å². The minimum atomic E-state index is -0.450. The summed E-state index contributed by atoms with van der Waals surface area (Å²) in [7, 11) is 0. The van der Waals surface area contributed by atoms with Gasteiger partial charge in [0.2, 0.25) is 0 Å². The molecule has 2 N–H and O–H groups in total. The average Bonchev–Trinajstić information content (AvgIpc) is 2.41. The summed E-state index contributed by atoms with van der Waals surface area (Å²) in [4.78, 5) is 22.6. The van der Waals surface area contributed by atoms with Crippen LogP contribution in [0.4, 0.5) is 11.4 Å². The smallest absolute Gasteiger partial charge is 0.292 e. The number of nitro groups is 1. The Bertz CT molecular complexity index is 521. The van der Waals surface area contributed by atoms with Crippen molar-refractivity contribution in [2.45, 2.75) is 34.1 Å². The fourth-order valence-corrected chi connectivity index (χ4v) is 1.69. The van der Waals surface area contributed by atoms with E-state index in [-0.39, 0.29) is 17.0 Å². The lowest BCUT2D eigenvalue weighted by Gasteiger charge is -2.18. The van der Waals surface area contributed by atoms with Gasteiger partial charge in [-0.2, -0.15) is 0 Å². The fourth-order valence-electron chi connectivity index (χ4n) is 1.69. The van der Waals surface area contributed by atoms with Crippen molar-refractivity contribution in [3.05, 3.63) is 33.9 Å². The molecule has 0 aliphatic rings. The van der Waals surface area contributed by atoms with Crippen LogP contribution in [0, 0.1) is 15.5 Å². The van der Waals surface area contributed by atoms with Gasteiger partial charge in [-0.3, -0.25) is 14.9 Å². The summed E-state index contributed by atoms with van der Waals surface area (Å²) >= 11 is 0. The molecule has 0 radical (unpaired) electrons. The van der Waals surface area contributed by atoms with E-state index in [1.807, 2.05) is 27.7 Å². The van der Waals surface area contributed by atoms with E-state index in [1.54, 1.807) is 0 Å².